The zero-order valence-corrected chi connectivity index (χ0v) is 15.6. The van der Waals surface area contributed by atoms with E-state index >= 15 is 0 Å². The number of hydrogen-bond donors (Lipinski definition) is 1. The van der Waals surface area contributed by atoms with Crippen LogP contribution in [-0.2, 0) is 9.84 Å². The van der Waals surface area contributed by atoms with Gasteiger partial charge in [-0.25, -0.2) is 13.1 Å². The van der Waals surface area contributed by atoms with Gasteiger partial charge in [0.25, 0.3) is 5.69 Å². The Morgan fingerprint density at radius 3 is 2.56 bits per heavy atom. The molecule has 2 aromatic carbocycles. The Balaban J connectivity index is 1.98. The van der Waals surface area contributed by atoms with E-state index in [0.717, 1.165) is 23.6 Å². The molecule has 9 heteroatoms. The summed E-state index contributed by atoms with van der Waals surface area (Å²) in [4.78, 5) is 10.7. The third kappa shape index (κ3) is 3.98. The lowest BCUT2D eigenvalue weighted by molar-refractivity contribution is -0.384. The number of para-hydroxylation sites is 1. The Hall–Kier alpha value is -3.20. The highest BCUT2D eigenvalue weighted by atomic mass is 32.2. The highest BCUT2D eigenvalue weighted by Crippen LogP contribution is 2.32. The molecule has 1 aromatic heterocycles. The average molecular weight is 386 g/mol. The van der Waals surface area contributed by atoms with Gasteiger partial charge in [-0.05, 0) is 36.8 Å². The van der Waals surface area contributed by atoms with Gasteiger partial charge in [-0.3, -0.25) is 10.1 Å². The molecule has 8 nitrogen and oxygen atoms in total. The molecule has 0 bridgehead atoms. The van der Waals surface area contributed by atoms with Crippen LogP contribution in [0.4, 0.5) is 11.4 Å². The third-order valence-electron chi connectivity index (χ3n) is 4.12. The molecule has 0 aliphatic heterocycles. The van der Waals surface area contributed by atoms with Crippen LogP contribution >= 0.6 is 0 Å². The van der Waals surface area contributed by atoms with Crippen LogP contribution in [0.3, 0.4) is 0 Å². The normalized spacial score (nSPS) is 12.5. The molecular weight excluding hydrogens is 368 g/mol. The summed E-state index contributed by atoms with van der Waals surface area (Å²) >= 11 is 0. The maximum Gasteiger partial charge on any atom is 0.293 e. The van der Waals surface area contributed by atoms with E-state index in [1.807, 2.05) is 43.5 Å². The molecule has 27 heavy (non-hydrogen) atoms. The standard InChI is InChI=1S/C18H18N4O4S/c1-13(15-6-3-4-7-17(15)21-11-5-10-19-21)20-16-9-8-14(27(2,25)26)12-18(16)22(23)24/h3-13,20H,1-2H3. The van der Waals surface area contributed by atoms with E-state index in [9.17, 15) is 18.5 Å². The van der Waals surface area contributed by atoms with Crippen molar-refractivity contribution in [3.8, 4) is 5.69 Å². The number of rotatable bonds is 6. The first-order valence-corrected chi connectivity index (χ1v) is 10.0. The molecule has 140 valence electrons. The van der Waals surface area contributed by atoms with Crippen molar-refractivity contribution >= 4 is 21.2 Å². The molecule has 1 atom stereocenters. The summed E-state index contributed by atoms with van der Waals surface area (Å²) in [5, 5.41) is 18.8. The van der Waals surface area contributed by atoms with Crippen molar-refractivity contribution in [2.75, 3.05) is 11.6 Å². The number of nitro benzene ring substituents is 1. The predicted molar refractivity (Wildman–Crippen MR) is 102 cm³/mol. The van der Waals surface area contributed by atoms with Gasteiger partial charge >= 0.3 is 0 Å². The zero-order chi connectivity index (χ0) is 19.6. The second-order valence-corrected chi connectivity index (χ2v) is 8.10. The summed E-state index contributed by atoms with van der Waals surface area (Å²) in [5.74, 6) is 0. The number of sulfone groups is 1. The molecule has 3 rings (SSSR count). The monoisotopic (exact) mass is 386 g/mol. The maximum absolute atomic E-state index is 11.7. The summed E-state index contributed by atoms with van der Waals surface area (Å²) < 4.78 is 25.1. The molecule has 1 unspecified atom stereocenters. The molecule has 0 amide bonds. The highest BCUT2D eigenvalue weighted by Gasteiger charge is 2.21. The summed E-state index contributed by atoms with van der Waals surface area (Å²) in [6.45, 7) is 1.87. The molecular formula is C18H18N4O4S. The number of nitrogens with zero attached hydrogens (tertiary/aromatic N) is 3. The van der Waals surface area contributed by atoms with Crippen molar-refractivity contribution in [3.63, 3.8) is 0 Å². The largest absolute Gasteiger partial charge is 0.373 e. The van der Waals surface area contributed by atoms with Crippen molar-refractivity contribution in [2.45, 2.75) is 17.9 Å². The van der Waals surface area contributed by atoms with Gasteiger partial charge in [0.1, 0.15) is 5.69 Å². The van der Waals surface area contributed by atoms with Crippen LogP contribution in [0, 0.1) is 10.1 Å². The highest BCUT2D eigenvalue weighted by molar-refractivity contribution is 7.90. The van der Waals surface area contributed by atoms with Crippen LogP contribution in [-0.4, -0.2) is 29.4 Å². The van der Waals surface area contributed by atoms with E-state index < -0.39 is 14.8 Å². The molecule has 1 heterocycles. The van der Waals surface area contributed by atoms with E-state index in [2.05, 4.69) is 10.4 Å². The number of aromatic nitrogens is 2. The Morgan fingerprint density at radius 1 is 1.19 bits per heavy atom. The smallest absolute Gasteiger partial charge is 0.293 e. The maximum atomic E-state index is 11.7. The second-order valence-electron chi connectivity index (χ2n) is 6.08. The first-order chi connectivity index (χ1) is 12.8. The molecule has 0 aliphatic carbocycles. The number of nitro groups is 1. The summed E-state index contributed by atoms with van der Waals surface area (Å²) in [6, 6.07) is 12.9. The van der Waals surface area contributed by atoms with Gasteiger partial charge in [0, 0.05) is 24.7 Å². The van der Waals surface area contributed by atoms with E-state index in [0.29, 0.717) is 0 Å². The summed E-state index contributed by atoms with van der Waals surface area (Å²) in [7, 11) is -3.54. The fraction of sp³-hybridized carbons (Fsp3) is 0.167. The van der Waals surface area contributed by atoms with Crippen LogP contribution in [0.15, 0.2) is 65.8 Å². The Morgan fingerprint density at radius 2 is 1.93 bits per heavy atom. The van der Waals surface area contributed by atoms with Crippen LogP contribution in [0.25, 0.3) is 5.69 Å². The van der Waals surface area contributed by atoms with Crippen molar-refractivity contribution in [3.05, 3.63) is 76.6 Å². The Bertz CT molecular complexity index is 1080. The molecule has 0 spiro atoms. The lowest BCUT2D eigenvalue weighted by Gasteiger charge is -2.19. The molecule has 0 saturated carbocycles. The Kier molecular flexibility index (Phi) is 4.95. The molecule has 0 fully saturated rings. The average Bonchev–Trinajstić information content (AvgIpc) is 3.15. The fourth-order valence-electron chi connectivity index (χ4n) is 2.80. The van der Waals surface area contributed by atoms with Crippen LogP contribution in [0.2, 0.25) is 0 Å². The quantitative estimate of drug-likeness (QED) is 0.514. The van der Waals surface area contributed by atoms with Gasteiger partial charge in [0.2, 0.25) is 0 Å². The first kappa shape index (κ1) is 18.6. The van der Waals surface area contributed by atoms with Gasteiger partial charge in [0.15, 0.2) is 9.84 Å². The minimum Gasteiger partial charge on any atom is -0.373 e. The Labute approximate surface area is 156 Å². The minimum absolute atomic E-state index is 0.0932. The second kappa shape index (κ2) is 7.20. The van der Waals surface area contributed by atoms with Crippen LogP contribution in [0.1, 0.15) is 18.5 Å². The van der Waals surface area contributed by atoms with E-state index in [1.165, 1.54) is 12.1 Å². The zero-order valence-electron chi connectivity index (χ0n) is 14.7. The van der Waals surface area contributed by atoms with Gasteiger partial charge in [-0.15, -0.1) is 0 Å². The number of hydrogen-bond acceptors (Lipinski definition) is 6. The number of nitrogens with one attached hydrogen (secondary N) is 1. The minimum atomic E-state index is -3.54. The van der Waals surface area contributed by atoms with Crippen LogP contribution in [0.5, 0.6) is 0 Å². The summed E-state index contributed by atoms with van der Waals surface area (Å²) in [6.07, 6.45) is 4.50. The van der Waals surface area contributed by atoms with E-state index in [-0.39, 0.29) is 22.3 Å². The predicted octanol–water partition coefficient (Wildman–Crippen LogP) is 3.36. The van der Waals surface area contributed by atoms with Crippen molar-refractivity contribution < 1.29 is 13.3 Å². The van der Waals surface area contributed by atoms with Crippen LogP contribution < -0.4 is 5.32 Å². The number of anilines is 1. The van der Waals surface area contributed by atoms with Gasteiger partial charge in [-0.1, -0.05) is 18.2 Å². The molecule has 0 aliphatic rings. The topological polar surface area (TPSA) is 107 Å². The number of benzene rings is 2. The molecule has 3 aromatic rings. The van der Waals surface area contributed by atoms with Gasteiger partial charge < -0.3 is 5.32 Å². The van der Waals surface area contributed by atoms with E-state index in [1.54, 1.807) is 10.9 Å². The summed E-state index contributed by atoms with van der Waals surface area (Å²) in [5.41, 5.74) is 1.69. The molecule has 0 saturated heterocycles. The first-order valence-electron chi connectivity index (χ1n) is 8.11. The van der Waals surface area contributed by atoms with E-state index in [4.69, 9.17) is 0 Å². The lowest BCUT2D eigenvalue weighted by atomic mass is 10.1. The fourth-order valence-corrected chi connectivity index (χ4v) is 3.44. The van der Waals surface area contributed by atoms with Crippen molar-refractivity contribution in [1.29, 1.82) is 0 Å². The SMILES string of the molecule is CC(Nc1ccc(S(C)(=O)=O)cc1[N+](=O)[O-])c1ccccc1-n1cccn1. The van der Waals surface area contributed by atoms with Gasteiger partial charge in [0.05, 0.1) is 21.5 Å². The van der Waals surface area contributed by atoms with Gasteiger partial charge in [-0.2, -0.15) is 5.10 Å². The lowest BCUT2D eigenvalue weighted by Crippen LogP contribution is -2.12. The molecule has 0 radical (unpaired) electrons. The van der Waals surface area contributed by atoms with Crippen molar-refractivity contribution in [1.82, 2.24) is 9.78 Å². The molecule has 1 N–H and O–H groups in total. The third-order valence-corrected chi connectivity index (χ3v) is 5.23. The van der Waals surface area contributed by atoms with Crippen molar-refractivity contribution in [2.24, 2.45) is 0 Å².